The second-order valence-electron chi connectivity index (χ2n) is 8.79. The number of hydrogen-bond donors (Lipinski definition) is 1. The molecule has 3 aromatic rings. The standard InChI is InChI=1S/C22H23ClN6O3/c1-12-4-17(32-3)24-8-15(12)27-20(30)13-6-22(7-13)9-29(10-22)21(31)16-5-14-18(23)25-11-26-19(14)28(16)2/h4-5,8,11,13H,6-7,9-10H2,1-3H3,(H,27,30). The van der Waals surface area contributed by atoms with Crippen molar-refractivity contribution in [3.8, 4) is 5.88 Å². The fourth-order valence-corrected chi connectivity index (χ4v) is 5.00. The number of likely N-dealkylation sites (tertiary alicyclic amines) is 1. The first kappa shape index (κ1) is 20.7. The molecule has 32 heavy (non-hydrogen) atoms. The minimum Gasteiger partial charge on any atom is -0.481 e. The number of anilines is 1. The molecule has 1 spiro atoms. The number of halogens is 1. The van der Waals surface area contributed by atoms with E-state index in [2.05, 4.69) is 20.3 Å². The van der Waals surface area contributed by atoms with Crippen LogP contribution in [-0.2, 0) is 11.8 Å². The Morgan fingerprint density at radius 3 is 2.62 bits per heavy atom. The van der Waals surface area contributed by atoms with E-state index in [1.54, 1.807) is 37.1 Å². The van der Waals surface area contributed by atoms with E-state index in [4.69, 9.17) is 16.3 Å². The number of pyridine rings is 1. The third-order valence-corrected chi connectivity index (χ3v) is 6.92. The van der Waals surface area contributed by atoms with Crippen molar-refractivity contribution in [3.05, 3.63) is 41.1 Å². The average molecular weight is 455 g/mol. The number of nitrogens with one attached hydrogen (secondary N) is 1. The van der Waals surface area contributed by atoms with Crippen molar-refractivity contribution in [1.29, 1.82) is 0 Å². The molecule has 2 aliphatic rings. The monoisotopic (exact) mass is 454 g/mol. The van der Waals surface area contributed by atoms with Crippen molar-refractivity contribution in [2.24, 2.45) is 18.4 Å². The maximum absolute atomic E-state index is 13.0. The van der Waals surface area contributed by atoms with Crippen molar-refractivity contribution in [2.45, 2.75) is 19.8 Å². The van der Waals surface area contributed by atoms with Crippen LogP contribution in [-0.4, -0.2) is 56.4 Å². The molecular formula is C22H23ClN6O3. The highest BCUT2D eigenvalue weighted by Gasteiger charge is 2.55. The smallest absolute Gasteiger partial charge is 0.270 e. The Balaban J connectivity index is 1.19. The number of methoxy groups -OCH3 is 1. The Morgan fingerprint density at radius 2 is 1.97 bits per heavy atom. The van der Waals surface area contributed by atoms with Gasteiger partial charge in [0.2, 0.25) is 11.8 Å². The highest BCUT2D eigenvalue weighted by molar-refractivity contribution is 6.34. The lowest BCUT2D eigenvalue weighted by molar-refractivity contribution is -0.135. The van der Waals surface area contributed by atoms with E-state index in [-0.39, 0.29) is 23.1 Å². The maximum atomic E-state index is 13.0. The molecule has 9 nitrogen and oxygen atoms in total. The first-order chi connectivity index (χ1) is 15.3. The summed E-state index contributed by atoms with van der Waals surface area (Å²) in [4.78, 5) is 39.9. The maximum Gasteiger partial charge on any atom is 0.270 e. The van der Waals surface area contributed by atoms with Gasteiger partial charge in [-0.3, -0.25) is 9.59 Å². The zero-order chi connectivity index (χ0) is 22.6. The Morgan fingerprint density at radius 1 is 1.22 bits per heavy atom. The Bertz CT molecular complexity index is 1240. The van der Waals surface area contributed by atoms with E-state index in [0.717, 1.165) is 18.4 Å². The fraction of sp³-hybridized carbons (Fsp3) is 0.409. The molecular weight excluding hydrogens is 432 g/mol. The molecule has 0 aromatic carbocycles. The Labute approximate surface area is 189 Å². The van der Waals surface area contributed by atoms with Crippen LogP contribution in [0.2, 0.25) is 5.15 Å². The SMILES string of the molecule is COc1cc(C)c(NC(=O)C2CC3(C2)CN(C(=O)c2cc4c(Cl)ncnc4n2C)C3)cn1. The van der Waals surface area contributed by atoms with Gasteiger partial charge in [-0.1, -0.05) is 11.6 Å². The van der Waals surface area contributed by atoms with E-state index in [0.29, 0.717) is 46.5 Å². The minimum atomic E-state index is -0.0555. The Kier molecular flexibility index (Phi) is 4.81. The Hall–Kier alpha value is -3.20. The third kappa shape index (κ3) is 3.28. The van der Waals surface area contributed by atoms with Crippen LogP contribution in [0.5, 0.6) is 5.88 Å². The summed E-state index contributed by atoms with van der Waals surface area (Å²) in [5.74, 6) is 0.403. The molecule has 5 rings (SSSR count). The first-order valence-electron chi connectivity index (χ1n) is 10.4. The van der Waals surface area contributed by atoms with Gasteiger partial charge in [-0.15, -0.1) is 0 Å². The summed E-state index contributed by atoms with van der Waals surface area (Å²) in [6.45, 7) is 3.21. The van der Waals surface area contributed by atoms with Crippen LogP contribution in [0.1, 0.15) is 28.9 Å². The van der Waals surface area contributed by atoms with Gasteiger partial charge < -0.3 is 19.5 Å². The van der Waals surface area contributed by atoms with E-state index < -0.39 is 0 Å². The molecule has 1 saturated heterocycles. The van der Waals surface area contributed by atoms with Gasteiger partial charge in [-0.2, -0.15) is 0 Å². The zero-order valence-corrected chi connectivity index (χ0v) is 18.8. The molecule has 166 valence electrons. The number of carbonyl (C=O) groups is 2. The van der Waals surface area contributed by atoms with Crippen LogP contribution < -0.4 is 10.1 Å². The highest BCUT2D eigenvalue weighted by atomic mass is 35.5. The lowest BCUT2D eigenvalue weighted by atomic mass is 9.57. The summed E-state index contributed by atoms with van der Waals surface area (Å²) < 4.78 is 6.85. The molecule has 2 amide bonds. The van der Waals surface area contributed by atoms with Crippen LogP contribution >= 0.6 is 11.6 Å². The molecule has 10 heteroatoms. The summed E-state index contributed by atoms with van der Waals surface area (Å²) in [5.41, 5.74) is 2.80. The molecule has 1 aliphatic heterocycles. The number of aromatic nitrogens is 4. The quantitative estimate of drug-likeness (QED) is 0.608. The number of fused-ring (bicyclic) bond motifs is 1. The number of amides is 2. The summed E-state index contributed by atoms with van der Waals surface area (Å²) in [6, 6.07) is 3.53. The molecule has 0 unspecified atom stereocenters. The van der Waals surface area contributed by atoms with Crippen molar-refractivity contribution >= 4 is 40.1 Å². The predicted molar refractivity (Wildman–Crippen MR) is 119 cm³/mol. The van der Waals surface area contributed by atoms with E-state index in [1.807, 2.05) is 11.8 Å². The molecule has 1 saturated carbocycles. The summed E-state index contributed by atoms with van der Waals surface area (Å²) in [5, 5.41) is 3.97. The lowest BCUT2D eigenvalue weighted by Crippen LogP contribution is -2.65. The number of carbonyl (C=O) groups excluding carboxylic acids is 2. The van der Waals surface area contributed by atoms with Crippen molar-refractivity contribution in [3.63, 3.8) is 0 Å². The van der Waals surface area contributed by atoms with Gasteiger partial charge in [0.15, 0.2) is 0 Å². The lowest BCUT2D eigenvalue weighted by Gasteiger charge is -2.58. The number of ether oxygens (including phenoxy) is 1. The van der Waals surface area contributed by atoms with E-state index >= 15 is 0 Å². The van der Waals surface area contributed by atoms with Gasteiger partial charge in [0, 0.05) is 37.5 Å². The number of nitrogens with zero attached hydrogens (tertiary/aromatic N) is 5. The number of rotatable bonds is 4. The summed E-state index contributed by atoms with van der Waals surface area (Å²) >= 11 is 6.14. The second-order valence-corrected chi connectivity index (χ2v) is 9.15. The predicted octanol–water partition coefficient (Wildman–Crippen LogP) is 2.82. The van der Waals surface area contributed by atoms with Crippen molar-refractivity contribution < 1.29 is 14.3 Å². The van der Waals surface area contributed by atoms with Crippen LogP contribution in [0, 0.1) is 18.3 Å². The van der Waals surface area contributed by atoms with Gasteiger partial charge in [-0.05, 0) is 31.4 Å². The molecule has 0 atom stereocenters. The number of aryl methyl sites for hydroxylation is 2. The van der Waals surface area contributed by atoms with Crippen LogP contribution in [0.4, 0.5) is 5.69 Å². The highest BCUT2D eigenvalue weighted by Crippen LogP contribution is 2.52. The van der Waals surface area contributed by atoms with Crippen molar-refractivity contribution in [2.75, 3.05) is 25.5 Å². The van der Waals surface area contributed by atoms with Crippen LogP contribution in [0.25, 0.3) is 11.0 Å². The molecule has 3 aromatic heterocycles. The largest absolute Gasteiger partial charge is 0.481 e. The minimum absolute atomic E-state index is 0.00244. The van der Waals surface area contributed by atoms with E-state index in [9.17, 15) is 9.59 Å². The molecule has 1 N–H and O–H groups in total. The molecule has 2 fully saturated rings. The molecule has 0 radical (unpaired) electrons. The fourth-order valence-electron chi connectivity index (χ4n) is 4.82. The average Bonchev–Trinajstić information content (AvgIpc) is 3.05. The van der Waals surface area contributed by atoms with Gasteiger partial charge in [0.25, 0.3) is 5.91 Å². The molecule has 1 aliphatic carbocycles. The van der Waals surface area contributed by atoms with Gasteiger partial charge in [-0.25, -0.2) is 15.0 Å². The molecule has 4 heterocycles. The normalized spacial score (nSPS) is 17.2. The third-order valence-electron chi connectivity index (χ3n) is 6.62. The summed E-state index contributed by atoms with van der Waals surface area (Å²) in [6.07, 6.45) is 4.56. The zero-order valence-electron chi connectivity index (χ0n) is 18.1. The van der Waals surface area contributed by atoms with Gasteiger partial charge in [0.05, 0.1) is 24.4 Å². The number of hydrogen-bond acceptors (Lipinski definition) is 6. The van der Waals surface area contributed by atoms with Crippen LogP contribution in [0.15, 0.2) is 24.7 Å². The van der Waals surface area contributed by atoms with E-state index in [1.165, 1.54) is 6.33 Å². The van der Waals surface area contributed by atoms with Gasteiger partial charge >= 0.3 is 0 Å². The van der Waals surface area contributed by atoms with Gasteiger partial charge in [0.1, 0.15) is 22.8 Å². The summed E-state index contributed by atoms with van der Waals surface area (Å²) in [7, 11) is 3.36. The second kappa shape index (κ2) is 7.44. The topological polar surface area (TPSA) is 102 Å². The van der Waals surface area contributed by atoms with Crippen LogP contribution in [0.3, 0.4) is 0 Å². The van der Waals surface area contributed by atoms with Crippen molar-refractivity contribution in [1.82, 2.24) is 24.4 Å². The first-order valence-corrected chi connectivity index (χ1v) is 10.7. The molecule has 0 bridgehead atoms.